The second-order valence-electron chi connectivity index (χ2n) is 8.59. The van der Waals surface area contributed by atoms with Crippen LogP contribution in [0.2, 0.25) is 0 Å². The van der Waals surface area contributed by atoms with Gasteiger partial charge in [0.05, 0.1) is 10.5 Å². The van der Waals surface area contributed by atoms with E-state index in [9.17, 15) is 22.8 Å². The second kappa shape index (κ2) is 10.4. The van der Waals surface area contributed by atoms with Crippen molar-refractivity contribution in [1.82, 2.24) is 14.5 Å². The lowest BCUT2D eigenvalue weighted by molar-refractivity contribution is 0.0965. The van der Waals surface area contributed by atoms with Gasteiger partial charge in [-0.2, -0.15) is 4.31 Å². The minimum Gasteiger partial charge on any atom is -0.351 e. The molecule has 1 aromatic carbocycles. The first kappa shape index (κ1) is 25.3. The van der Waals surface area contributed by atoms with Crippen LogP contribution in [0.15, 0.2) is 29.2 Å². The van der Waals surface area contributed by atoms with E-state index in [0.717, 1.165) is 42.8 Å². The van der Waals surface area contributed by atoms with Crippen LogP contribution in [-0.2, 0) is 23.0 Å². The number of nitrogens with zero attached hydrogens (tertiary/aromatic N) is 2. The SMILES string of the molecule is CCN1CCc2c(sc(NC(=O)c3ccc(S(=O)(=O)N4CCCCC4)cc3)c2C(=O)NC(N)=O)C1. The maximum absolute atomic E-state index is 13.0. The van der Waals surface area contributed by atoms with Crippen molar-refractivity contribution in [2.24, 2.45) is 5.73 Å². The van der Waals surface area contributed by atoms with E-state index in [4.69, 9.17) is 5.73 Å². The summed E-state index contributed by atoms with van der Waals surface area (Å²) >= 11 is 1.30. The normalized spacial score (nSPS) is 16.9. The zero-order valence-electron chi connectivity index (χ0n) is 19.5. The number of primary amides is 1. The minimum absolute atomic E-state index is 0.142. The number of benzene rings is 1. The predicted molar refractivity (Wildman–Crippen MR) is 133 cm³/mol. The highest BCUT2D eigenvalue weighted by Gasteiger charge is 2.30. The van der Waals surface area contributed by atoms with Crippen LogP contribution < -0.4 is 16.4 Å². The number of fused-ring (bicyclic) bond motifs is 1. The highest BCUT2D eigenvalue weighted by atomic mass is 32.2. The van der Waals surface area contributed by atoms with Crippen molar-refractivity contribution >= 4 is 44.2 Å². The zero-order chi connectivity index (χ0) is 25.2. The Labute approximate surface area is 208 Å². The van der Waals surface area contributed by atoms with Crippen LogP contribution in [-0.4, -0.2) is 61.6 Å². The lowest BCUT2D eigenvalue weighted by atomic mass is 10.0. The summed E-state index contributed by atoms with van der Waals surface area (Å²) in [6.45, 7) is 5.31. The second-order valence-corrected chi connectivity index (χ2v) is 11.6. The number of thiophene rings is 1. The van der Waals surface area contributed by atoms with Crippen LogP contribution in [0.3, 0.4) is 0 Å². The molecule has 0 atom stereocenters. The summed E-state index contributed by atoms with van der Waals surface area (Å²) < 4.78 is 27.2. The predicted octanol–water partition coefficient (Wildman–Crippen LogP) is 2.36. The van der Waals surface area contributed by atoms with Gasteiger partial charge in [-0.05, 0) is 55.6 Å². The van der Waals surface area contributed by atoms with Gasteiger partial charge in [0.25, 0.3) is 11.8 Å². The molecular formula is C23H29N5O5S2. The Morgan fingerprint density at radius 2 is 1.71 bits per heavy atom. The molecule has 4 rings (SSSR count). The number of carbonyl (C=O) groups is 3. The topological polar surface area (TPSA) is 142 Å². The number of imide groups is 1. The number of likely N-dealkylation sites (N-methyl/N-ethyl adjacent to an activating group) is 1. The summed E-state index contributed by atoms with van der Waals surface area (Å²) in [6, 6.07) is 4.81. The van der Waals surface area contributed by atoms with Crippen LogP contribution in [0.25, 0.3) is 0 Å². The fourth-order valence-corrected chi connectivity index (χ4v) is 7.24. The third-order valence-corrected chi connectivity index (χ3v) is 9.39. The van der Waals surface area contributed by atoms with Crippen LogP contribution in [0.4, 0.5) is 9.80 Å². The molecule has 188 valence electrons. The largest absolute Gasteiger partial charge is 0.351 e. The number of nitrogens with two attached hydrogens (primary N) is 1. The van der Waals surface area contributed by atoms with Crippen molar-refractivity contribution in [3.8, 4) is 0 Å². The van der Waals surface area contributed by atoms with E-state index in [-0.39, 0.29) is 16.0 Å². The number of amides is 4. The standard InChI is InChI=1S/C23H29N5O5S2/c1-2-27-13-10-17-18(14-27)34-22(19(17)21(30)26-23(24)31)25-20(29)15-6-8-16(9-7-15)35(32,33)28-11-4-3-5-12-28/h6-9H,2-5,10-14H2,1H3,(H,25,29)(H3,24,26,30,31). The molecule has 0 bridgehead atoms. The van der Waals surface area contributed by atoms with Gasteiger partial charge >= 0.3 is 6.03 Å². The molecule has 4 amide bonds. The van der Waals surface area contributed by atoms with E-state index in [1.54, 1.807) is 0 Å². The monoisotopic (exact) mass is 519 g/mol. The highest BCUT2D eigenvalue weighted by molar-refractivity contribution is 7.89. The first-order chi connectivity index (χ1) is 16.7. The van der Waals surface area contributed by atoms with Gasteiger partial charge < -0.3 is 11.1 Å². The molecule has 35 heavy (non-hydrogen) atoms. The van der Waals surface area contributed by atoms with Crippen molar-refractivity contribution in [3.05, 3.63) is 45.8 Å². The number of piperidine rings is 1. The van der Waals surface area contributed by atoms with E-state index in [1.807, 2.05) is 0 Å². The Kier molecular flexibility index (Phi) is 7.55. The van der Waals surface area contributed by atoms with E-state index in [2.05, 4.69) is 22.5 Å². The smallest absolute Gasteiger partial charge is 0.319 e. The Hall–Kier alpha value is -2.80. The van der Waals surface area contributed by atoms with Gasteiger partial charge in [0, 0.05) is 36.6 Å². The number of hydrogen-bond donors (Lipinski definition) is 3. The van der Waals surface area contributed by atoms with Crippen molar-refractivity contribution in [1.29, 1.82) is 0 Å². The molecule has 2 aliphatic rings. The maximum Gasteiger partial charge on any atom is 0.319 e. The fourth-order valence-electron chi connectivity index (χ4n) is 4.44. The van der Waals surface area contributed by atoms with Crippen molar-refractivity contribution in [2.45, 2.75) is 44.0 Å². The summed E-state index contributed by atoms with van der Waals surface area (Å²) in [4.78, 5) is 40.4. The zero-order valence-corrected chi connectivity index (χ0v) is 21.1. The van der Waals surface area contributed by atoms with Gasteiger partial charge in [0.15, 0.2) is 0 Å². The first-order valence-corrected chi connectivity index (χ1v) is 13.9. The Balaban J connectivity index is 1.57. The quantitative estimate of drug-likeness (QED) is 0.535. The van der Waals surface area contributed by atoms with Gasteiger partial charge in [0.1, 0.15) is 5.00 Å². The third-order valence-electron chi connectivity index (χ3n) is 6.34. The number of anilines is 1. The molecule has 3 heterocycles. The Bertz CT molecular complexity index is 1230. The summed E-state index contributed by atoms with van der Waals surface area (Å²) in [6.07, 6.45) is 3.31. The van der Waals surface area contributed by atoms with Crippen LogP contribution in [0.1, 0.15) is 57.3 Å². The number of urea groups is 1. The molecule has 0 radical (unpaired) electrons. The summed E-state index contributed by atoms with van der Waals surface area (Å²) in [5, 5.41) is 5.22. The number of sulfonamides is 1. The number of rotatable bonds is 6. The molecule has 0 saturated carbocycles. The molecule has 12 heteroatoms. The molecule has 0 aliphatic carbocycles. The lowest BCUT2D eigenvalue weighted by Gasteiger charge is -2.25. The third kappa shape index (κ3) is 5.40. The van der Waals surface area contributed by atoms with Gasteiger partial charge in [-0.1, -0.05) is 13.3 Å². The highest BCUT2D eigenvalue weighted by Crippen LogP contribution is 2.37. The molecule has 1 aromatic heterocycles. The average Bonchev–Trinajstić information content (AvgIpc) is 3.21. The summed E-state index contributed by atoms with van der Waals surface area (Å²) in [5.41, 5.74) is 6.45. The molecular weight excluding hydrogens is 490 g/mol. The number of hydrogen-bond acceptors (Lipinski definition) is 7. The van der Waals surface area contributed by atoms with Gasteiger partial charge in [-0.3, -0.25) is 19.8 Å². The van der Waals surface area contributed by atoms with Crippen molar-refractivity contribution in [3.63, 3.8) is 0 Å². The maximum atomic E-state index is 13.0. The number of nitrogens with one attached hydrogen (secondary N) is 2. The summed E-state index contributed by atoms with van der Waals surface area (Å²) in [7, 11) is -3.60. The fraction of sp³-hybridized carbons (Fsp3) is 0.435. The van der Waals surface area contributed by atoms with E-state index in [1.165, 1.54) is 39.9 Å². The lowest BCUT2D eigenvalue weighted by Crippen LogP contribution is -2.36. The van der Waals surface area contributed by atoms with Crippen LogP contribution in [0, 0.1) is 0 Å². The van der Waals surface area contributed by atoms with Crippen LogP contribution >= 0.6 is 11.3 Å². The van der Waals surface area contributed by atoms with Gasteiger partial charge in [0.2, 0.25) is 10.0 Å². The van der Waals surface area contributed by atoms with E-state index >= 15 is 0 Å². The molecule has 2 aliphatic heterocycles. The summed E-state index contributed by atoms with van der Waals surface area (Å²) in [5.74, 6) is -1.13. The van der Waals surface area contributed by atoms with Gasteiger partial charge in [-0.15, -0.1) is 11.3 Å². The minimum atomic E-state index is -3.60. The van der Waals surface area contributed by atoms with Gasteiger partial charge in [-0.25, -0.2) is 13.2 Å². The molecule has 4 N–H and O–H groups in total. The Morgan fingerprint density at radius 3 is 2.34 bits per heavy atom. The van der Waals surface area contributed by atoms with Crippen molar-refractivity contribution in [2.75, 3.05) is 31.5 Å². The number of carbonyl (C=O) groups excluding carboxylic acids is 3. The molecule has 0 unspecified atom stereocenters. The molecule has 1 saturated heterocycles. The molecule has 10 nitrogen and oxygen atoms in total. The Morgan fingerprint density at radius 1 is 1.03 bits per heavy atom. The molecule has 2 aromatic rings. The molecule has 1 fully saturated rings. The van der Waals surface area contributed by atoms with E-state index in [0.29, 0.717) is 31.1 Å². The van der Waals surface area contributed by atoms with E-state index < -0.39 is 27.9 Å². The van der Waals surface area contributed by atoms with Crippen LogP contribution in [0.5, 0.6) is 0 Å². The average molecular weight is 520 g/mol. The molecule has 0 spiro atoms. The van der Waals surface area contributed by atoms with Crippen molar-refractivity contribution < 1.29 is 22.8 Å². The first-order valence-electron chi connectivity index (χ1n) is 11.6.